The first-order valence-electron chi connectivity index (χ1n) is 11.2. The van der Waals surface area contributed by atoms with Crippen LogP contribution in [0.1, 0.15) is 38.5 Å². The van der Waals surface area contributed by atoms with E-state index in [4.69, 9.17) is 28.4 Å². The van der Waals surface area contributed by atoms with E-state index in [1.165, 1.54) is 23.7 Å². The van der Waals surface area contributed by atoms with Gasteiger partial charge in [-0.1, -0.05) is 35.4 Å². The third kappa shape index (κ3) is 20.1. The molecule has 1 rings (SSSR count). The van der Waals surface area contributed by atoms with Gasteiger partial charge in [0.15, 0.2) is 0 Å². The zero-order chi connectivity index (χ0) is 20.7. The van der Waals surface area contributed by atoms with Gasteiger partial charge in [0.05, 0.1) is 72.2 Å². The lowest BCUT2D eigenvalue weighted by atomic mass is 10.1. The maximum Gasteiger partial charge on any atom is 0.0704 e. The molecule has 0 aliphatic carbocycles. The number of piperidine rings is 1. The van der Waals surface area contributed by atoms with Crippen molar-refractivity contribution in [2.45, 2.75) is 44.6 Å². The van der Waals surface area contributed by atoms with Gasteiger partial charge in [0.1, 0.15) is 0 Å². The van der Waals surface area contributed by atoms with Crippen molar-refractivity contribution >= 4 is 22.6 Å². The molecule has 0 radical (unpaired) electrons. The van der Waals surface area contributed by atoms with Crippen LogP contribution in [0.15, 0.2) is 0 Å². The number of alkyl halides is 1. The summed E-state index contributed by atoms with van der Waals surface area (Å²) in [5, 5.41) is 3.33. The average Bonchev–Trinajstić information content (AvgIpc) is 2.75. The summed E-state index contributed by atoms with van der Waals surface area (Å²) >= 11 is 2.42. The van der Waals surface area contributed by atoms with E-state index in [1.807, 2.05) is 0 Å². The number of nitrogens with one attached hydrogen (secondary N) is 1. The zero-order valence-corrected chi connectivity index (χ0v) is 20.2. The van der Waals surface area contributed by atoms with Crippen LogP contribution in [-0.2, 0) is 28.4 Å². The highest BCUT2D eigenvalue weighted by atomic mass is 127. The first-order chi connectivity index (χ1) is 14.4. The molecule has 0 unspecified atom stereocenters. The van der Waals surface area contributed by atoms with Crippen LogP contribution in [0.4, 0.5) is 0 Å². The molecule has 174 valence electrons. The number of unbranched alkanes of at least 4 members (excludes halogenated alkanes) is 3. The summed E-state index contributed by atoms with van der Waals surface area (Å²) in [6.07, 6.45) is 7.63. The predicted octanol–water partition coefficient (Wildman–Crippen LogP) is 2.83. The van der Waals surface area contributed by atoms with E-state index in [9.17, 15) is 0 Å². The van der Waals surface area contributed by atoms with Crippen LogP contribution in [0.25, 0.3) is 0 Å². The molecule has 1 aliphatic heterocycles. The quantitative estimate of drug-likeness (QED) is 0.131. The Morgan fingerprint density at radius 3 is 1.52 bits per heavy atom. The molecule has 1 aliphatic rings. The normalized spacial score (nSPS) is 15.2. The maximum absolute atomic E-state index is 5.77. The number of hydrogen-bond acceptors (Lipinski definition) is 7. The molecule has 0 aromatic rings. The summed E-state index contributed by atoms with van der Waals surface area (Å²) in [6.45, 7) is 9.07. The molecule has 7 nitrogen and oxygen atoms in total. The van der Waals surface area contributed by atoms with Crippen LogP contribution in [0.5, 0.6) is 0 Å². The third-order valence-electron chi connectivity index (χ3n) is 4.53. The lowest BCUT2D eigenvalue weighted by Crippen LogP contribution is -2.33. The maximum atomic E-state index is 5.77. The van der Waals surface area contributed by atoms with Crippen LogP contribution in [0.2, 0.25) is 0 Å². The van der Waals surface area contributed by atoms with Gasteiger partial charge in [-0.3, -0.25) is 0 Å². The number of rotatable bonds is 22. The Kier molecular flexibility index (Phi) is 21.9. The van der Waals surface area contributed by atoms with Crippen molar-refractivity contribution in [2.24, 2.45) is 0 Å². The minimum Gasteiger partial charge on any atom is -0.379 e. The fourth-order valence-corrected chi connectivity index (χ4v) is 3.41. The highest BCUT2D eigenvalue weighted by molar-refractivity contribution is 14.1. The number of hydrogen-bond donors (Lipinski definition) is 1. The van der Waals surface area contributed by atoms with Gasteiger partial charge in [-0.05, 0) is 43.2 Å². The molecule has 1 saturated heterocycles. The van der Waals surface area contributed by atoms with E-state index in [2.05, 4.69) is 27.9 Å². The van der Waals surface area contributed by atoms with E-state index in [-0.39, 0.29) is 0 Å². The molecule has 1 fully saturated rings. The second-order valence-corrected chi connectivity index (χ2v) is 8.06. The Balaban J connectivity index is 1.63. The van der Waals surface area contributed by atoms with Crippen LogP contribution in [-0.4, -0.2) is 96.3 Å². The smallest absolute Gasteiger partial charge is 0.0704 e. The van der Waals surface area contributed by atoms with Crippen molar-refractivity contribution < 1.29 is 28.4 Å². The van der Waals surface area contributed by atoms with Gasteiger partial charge in [0.25, 0.3) is 0 Å². The van der Waals surface area contributed by atoms with Crippen molar-refractivity contribution in [1.29, 1.82) is 0 Å². The van der Waals surface area contributed by atoms with Gasteiger partial charge in [-0.2, -0.15) is 0 Å². The van der Waals surface area contributed by atoms with Gasteiger partial charge < -0.3 is 33.7 Å². The molecule has 1 N–H and O–H groups in total. The summed E-state index contributed by atoms with van der Waals surface area (Å²) in [7, 11) is 0. The fraction of sp³-hybridized carbons (Fsp3) is 1.00. The topological polar surface area (TPSA) is 67.4 Å². The second-order valence-electron chi connectivity index (χ2n) is 6.99. The summed E-state index contributed by atoms with van der Waals surface area (Å²) in [5.41, 5.74) is 0. The largest absolute Gasteiger partial charge is 0.379 e. The van der Waals surface area contributed by atoms with Crippen LogP contribution in [0.3, 0.4) is 0 Å². The Morgan fingerprint density at radius 2 is 1.00 bits per heavy atom. The molecule has 1 heterocycles. The highest BCUT2D eigenvalue weighted by Gasteiger charge is 2.12. The molecular formula is C21H42INO6. The summed E-state index contributed by atoms with van der Waals surface area (Å²) in [6, 6.07) is 0. The van der Waals surface area contributed by atoms with Crippen molar-refractivity contribution in [1.82, 2.24) is 5.32 Å². The zero-order valence-electron chi connectivity index (χ0n) is 18.0. The van der Waals surface area contributed by atoms with Gasteiger partial charge in [-0.15, -0.1) is 0 Å². The van der Waals surface area contributed by atoms with E-state index in [0.29, 0.717) is 72.2 Å². The summed E-state index contributed by atoms with van der Waals surface area (Å²) in [4.78, 5) is 0. The molecule has 0 spiro atoms. The average molecular weight is 531 g/mol. The molecule has 0 amide bonds. The SMILES string of the molecule is ICCCCCCOCCOCCOCCOCCOCCOC1CCNCC1. The number of halogens is 1. The molecule has 0 saturated carbocycles. The lowest BCUT2D eigenvalue weighted by molar-refractivity contribution is -0.0296. The van der Waals surface area contributed by atoms with Crippen molar-refractivity contribution in [3.63, 3.8) is 0 Å². The molecular weight excluding hydrogens is 489 g/mol. The van der Waals surface area contributed by atoms with Gasteiger partial charge in [-0.25, -0.2) is 0 Å². The lowest BCUT2D eigenvalue weighted by Gasteiger charge is -2.22. The third-order valence-corrected chi connectivity index (χ3v) is 5.29. The van der Waals surface area contributed by atoms with Gasteiger partial charge in [0, 0.05) is 6.61 Å². The van der Waals surface area contributed by atoms with Crippen molar-refractivity contribution in [3.8, 4) is 0 Å². The molecule has 29 heavy (non-hydrogen) atoms. The second kappa shape index (κ2) is 23.1. The Labute approximate surface area is 191 Å². The van der Waals surface area contributed by atoms with Crippen LogP contribution >= 0.6 is 22.6 Å². The summed E-state index contributed by atoms with van der Waals surface area (Å²) < 4.78 is 34.5. The first kappa shape index (κ1) is 27.5. The van der Waals surface area contributed by atoms with Crippen LogP contribution in [0, 0.1) is 0 Å². The van der Waals surface area contributed by atoms with E-state index in [0.717, 1.165) is 39.0 Å². The first-order valence-corrected chi connectivity index (χ1v) is 12.7. The molecule has 8 heteroatoms. The van der Waals surface area contributed by atoms with Gasteiger partial charge >= 0.3 is 0 Å². The van der Waals surface area contributed by atoms with E-state index < -0.39 is 0 Å². The van der Waals surface area contributed by atoms with E-state index >= 15 is 0 Å². The minimum absolute atomic E-state index is 0.393. The highest BCUT2D eigenvalue weighted by Crippen LogP contribution is 2.06. The monoisotopic (exact) mass is 531 g/mol. The molecule has 0 bridgehead atoms. The van der Waals surface area contributed by atoms with Crippen molar-refractivity contribution in [3.05, 3.63) is 0 Å². The minimum atomic E-state index is 0.393. The van der Waals surface area contributed by atoms with Crippen molar-refractivity contribution in [2.75, 3.05) is 90.2 Å². The fourth-order valence-electron chi connectivity index (χ4n) is 2.87. The summed E-state index contributed by atoms with van der Waals surface area (Å²) in [5.74, 6) is 0. The standard InChI is InChI=1S/C21H42INO6/c22-7-3-1-2-4-10-24-11-12-25-13-14-26-15-16-27-17-18-28-19-20-29-21-5-8-23-9-6-21/h21,23H,1-20H2. The van der Waals surface area contributed by atoms with Gasteiger partial charge in [0.2, 0.25) is 0 Å². The number of ether oxygens (including phenoxy) is 6. The Morgan fingerprint density at radius 1 is 0.552 bits per heavy atom. The molecule has 0 aromatic heterocycles. The Hall–Kier alpha value is 0.450. The molecule has 0 aromatic carbocycles. The predicted molar refractivity (Wildman–Crippen MR) is 123 cm³/mol. The van der Waals surface area contributed by atoms with E-state index in [1.54, 1.807) is 0 Å². The molecule has 0 atom stereocenters. The Bertz CT molecular complexity index is 322. The van der Waals surface area contributed by atoms with Crippen LogP contribution < -0.4 is 5.32 Å².